The molecule has 5 heteroatoms. The minimum atomic E-state index is 0.297. The van der Waals surface area contributed by atoms with Crippen LogP contribution in [0.1, 0.15) is 6.92 Å². The van der Waals surface area contributed by atoms with E-state index in [9.17, 15) is 0 Å². The molecule has 0 saturated heterocycles. The highest BCUT2D eigenvalue weighted by Gasteiger charge is 2.05. The predicted octanol–water partition coefficient (Wildman–Crippen LogP) is 2.78. The van der Waals surface area contributed by atoms with Gasteiger partial charge in [0.15, 0.2) is 0 Å². The summed E-state index contributed by atoms with van der Waals surface area (Å²) in [5.41, 5.74) is 0. The minimum Gasteiger partial charge on any atom is -0.370 e. The molecule has 0 unspecified atom stereocenters. The van der Waals surface area contributed by atoms with Gasteiger partial charge in [0.1, 0.15) is 10.6 Å². The summed E-state index contributed by atoms with van der Waals surface area (Å²) in [6.45, 7) is 2.85. The van der Waals surface area contributed by atoms with Crippen LogP contribution in [0.15, 0.2) is 11.4 Å². The number of anilines is 1. The summed E-state index contributed by atoms with van der Waals surface area (Å²) in [6.07, 6.45) is 0. The first-order chi connectivity index (χ1) is 6.31. The van der Waals surface area contributed by atoms with Crippen LogP contribution in [-0.4, -0.2) is 16.5 Å². The maximum Gasteiger partial charge on any atom is 0.225 e. The van der Waals surface area contributed by atoms with Crippen molar-refractivity contribution in [3.05, 3.63) is 16.7 Å². The Kier molecular flexibility index (Phi) is 2.33. The molecule has 0 saturated carbocycles. The lowest BCUT2D eigenvalue weighted by atomic mass is 10.4. The summed E-state index contributed by atoms with van der Waals surface area (Å²) in [6, 6.07) is 1.99. The Morgan fingerprint density at radius 1 is 1.54 bits per heavy atom. The number of nitrogens with one attached hydrogen (secondary N) is 1. The van der Waals surface area contributed by atoms with E-state index in [-0.39, 0.29) is 0 Å². The summed E-state index contributed by atoms with van der Waals surface area (Å²) < 4.78 is 0. The fourth-order valence-corrected chi connectivity index (χ4v) is 2.11. The number of nitrogens with zero attached hydrogens (tertiary/aromatic N) is 2. The van der Waals surface area contributed by atoms with Crippen LogP contribution in [0.25, 0.3) is 10.2 Å². The Morgan fingerprint density at radius 3 is 3.15 bits per heavy atom. The molecule has 2 rings (SSSR count). The van der Waals surface area contributed by atoms with Crippen molar-refractivity contribution in [3.8, 4) is 0 Å². The van der Waals surface area contributed by atoms with Gasteiger partial charge in [0.25, 0.3) is 0 Å². The molecule has 0 aliphatic carbocycles. The number of thiophene rings is 1. The van der Waals surface area contributed by atoms with Crippen molar-refractivity contribution in [2.45, 2.75) is 6.92 Å². The Hall–Kier alpha value is -0.870. The molecule has 1 N–H and O–H groups in total. The average molecular weight is 214 g/mol. The standard InChI is InChI=1S/C8H8ClN3S/c1-2-10-6-5-3-4-13-7(5)12-8(9)11-6/h3-4H,2H2,1H3,(H,10,11,12). The molecule has 0 aromatic carbocycles. The first-order valence-electron chi connectivity index (χ1n) is 3.96. The van der Waals surface area contributed by atoms with Crippen molar-refractivity contribution in [2.24, 2.45) is 0 Å². The van der Waals surface area contributed by atoms with E-state index in [1.54, 1.807) is 11.3 Å². The van der Waals surface area contributed by atoms with E-state index in [0.717, 1.165) is 22.6 Å². The predicted molar refractivity (Wildman–Crippen MR) is 56.6 cm³/mol. The van der Waals surface area contributed by atoms with E-state index in [2.05, 4.69) is 15.3 Å². The molecule has 0 spiro atoms. The summed E-state index contributed by atoms with van der Waals surface area (Å²) >= 11 is 7.33. The lowest BCUT2D eigenvalue weighted by molar-refractivity contribution is 1.15. The van der Waals surface area contributed by atoms with Gasteiger partial charge in [-0.1, -0.05) is 0 Å². The van der Waals surface area contributed by atoms with Crippen LogP contribution >= 0.6 is 22.9 Å². The first-order valence-corrected chi connectivity index (χ1v) is 5.21. The van der Waals surface area contributed by atoms with Gasteiger partial charge in [-0.25, -0.2) is 9.97 Å². The number of rotatable bonds is 2. The summed E-state index contributed by atoms with van der Waals surface area (Å²) in [4.78, 5) is 9.15. The van der Waals surface area contributed by atoms with Crippen molar-refractivity contribution >= 4 is 39.0 Å². The van der Waals surface area contributed by atoms with E-state index in [1.807, 2.05) is 18.4 Å². The molecule has 0 bridgehead atoms. The second-order valence-corrected chi connectivity index (χ2v) is 3.74. The third kappa shape index (κ3) is 1.59. The zero-order valence-electron chi connectivity index (χ0n) is 7.04. The zero-order valence-corrected chi connectivity index (χ0v) is 8.61. The molecule has 0 aliphatic heterocycles. The van der Waals surface area contributed by atoms with E-state index < -0.39 is 0 Å². The molecule has 0 radical (unpaired) electrons. The van der Waals surface area contributed by atoms with Crippen molar-refractivity contribution in [2.75, 3.05) is 11.9 Å². The smallest absolute Gasteiger partial charge is 0.225 e. The Bertz CT molecular complexity index is 426. The van der Waals surface area contributed by atoms with Gasteiger partial charge >= 0.3 is 0 Å². The van der Waals surface area contributed by atoms with Crippen LogP contribution in [0.2, 0.25) is 5.28 Å². The van der Waals surface area contributed by atoms with E-state index in [0.29, 0.717) is 5.28 Å². The lowest BCUT2D eigenvalue weighted by Crippen LogP contribution is -2.00. The van der Waals surface area contributed by atoms with Crippen LogP contribution in [-0.2, 0) is 0 Å². The fraction of sp³-hybridized carbons (Fsp3) is 0.250. The van der Waals surface area contributed by atoms with Crippen LogP contribution in [0.4, 0.5) is 5.82 Å². The fourth-order valence-electron chi connectivity index (χ4n) is 1.13. The number of hydrogen-bond acceptors (Lipinski definition) is 4. The number of fused-ring (bicyclic) bond motifs is 1. The highest BCUT2D eigenvalue weighted by Crippen LogP contribution is 2.25. The molecule has 0 atom stereocenters. The molecule has 2 heterocycles. The van der Waals surface area contributed by atoms with Gasteiger partial charge < -0.3 is 5.32 Å². The van der Waals surface area contributed by atoms with Gasteiger partial charge in [-0.3, -0.25) is 0 Å². The van der Waals surface area contributed by atoms with Gasteiger partial charge in [0.2, 0.25) is 5.28 Å². The Morgan fingerprint density at radius 2 is 2.38 bits per heavy atom. The molecule has 3 nitrogen and oxygen atoms in total. The summed E-state index contributed by atoms with van der Waals surface area (Å²) in [5.74, 6) is 0.818. The van der Waals surface area contributed by atoms with Crippen LogP contribution in [0.5, 0.6) is 0 Å². The van der Waals surface area contributed by atoms with Crippen molar-refractivity contribution in [1.82, 2.24) is 9.97 Å². The van der Waals surface area contributed by atoms with Crippen molar-refractivity contribution in [1.29, 1.82) is 0 Å². The maximum atomic E-state index is 5.76. The monoisotopic (exact) mass is 213 g/mol. The third-order valence-corrected chi connectivity index (χ3v) is 2.62. The molecular weight excluding hydrogens is 206 g/mol. The number of aromatic nitrogens is 2. The quantitative estimate of drug-likeness (QED) is 0.780. The Balaban J connectivity index is 2.63. The lowest BCUT2D eigenvalue weighted by Gasteiger charge is -2.02. The average Bonchev–Trinajstić information content (AvgIpc) is 2.52. The molecule has 2 aromatic rings. The molecular formula is C8H8ClN3S. The van der Waals surface area contributed by atoms with Crippen LogP contribution in [0, 0.1) is 0 Å². The summed E-state index contributed by atoms with van der Waals surface area (Å²) in [5, 5.41) is 6.47. The maximum absolute atomic E-state index is 5.76. The van der Waals surface area contributed by atoms with Crippen molar-refractivity contribution in [3.63, 3.8) is 0 Å². The van der Waals surface area contributed by atoms with Crippen molar-refractivity contribution < 1.29 is 0 Å². The Labute approximate surface area is 84.8 Å². The minimum absolute atomic E-state index is 0.297. The van der Waals surface area contributed by atoms with Crippen LogP contribution in [0.3, 0.4) is 0 Å². The van der Waals surface area contributed by atoms with Gasteiger partial charge in [-0.15, -0.1) is 11.3 Å². The second kappa shape index (κ2) is 3.47. The second-order valence-electron chi connectivity index (χ2n) is 2.51. The molecule has 2 aromatic heterocycles. The van der Waals surface area contributed by atoms with Gasteiger partial charge in [-0.05, 0) is 30.0 Å². The van der Waals surface area contributed by atoms with E-state index in [1.165, 1.54) is 0 Å². The highest BCUT2D eigenvalue weighted by molar-refractivity contribution is 7.16. The zero-order chi connectivity index (χ0) is 9.26. The largest absolute Gasteiger partial charge is 0.370 e. The first kappa shape index (κ1) is 8.72. The van der Waals surface area contributed by atoms with Gasteiger partial charge in [-0.2, -0.15) is 0 Å². The normalized spacial score (nSPS) is 10.6. The van der Waals surface area contributed by atoms with E-state index in [4.69, 9.17) is 11.6 Å². The number of hydrogen-bond donors (Lipinski definition) is 1. The molecule has 0 amide bonds. The molecule has 68 valence electrons. The molecule has 0 aliphatic rings. The topological polar surface area (TPSA) is 37.8 Å². The van der Waals surface area contributed by atoms with Gasteiger partial charge in [0.05, 0.1) is 5.39 Å². The summed E-state index contributed by atoms with van der Waals surface area (Å²) in [7, 11) is 0. The molecule has 0 fully saturated rings. The highest BCUT2D eigenvalue weighted by atomic mass is 35.5. The number of halogens is 1. The van der Waals surface area contributed by atoms with Crippen LogP contribution < -0.4 is 5.32 Å². The third-order valence-electron chi connectivity index (χ3n) is 1.64. The molecule has 13 heavy (non-hydrogen) atoms. The van der Waals surface area contributed by atoms with E-state index >= 15 is 0 Å². The van der Waals surface area contributed by atoms with Gasteiger partial charge in [0, 0.05) is 6.54 Å². The SMILES string of the molecule is CCNc1nc(Cl)nc2sccc12.